The summed E-state index contributed by atoms with van der Waals surface area (Å²) < 4.78 is 12.6. The minimum absolute atomic E-state index is 0.856. The Labute approximate surface area is 317 Å². The van der Waals surface area contributed by atoms with E-state index < -0.39 is 0 Å². The van der Waals surface area contributed by atoms with Crippen molar-refractivity contribution in [1.82, 2.24) is 0 Å². The molecule has 11 aromatic rings. The highest BCUT2D eigenvalue weighted by Gasteiger charge is 2.23. The van der Waals surface area contributed by atoms with Gasteiger partial charge in [-0.05, 0) is 93.2 Å². The molecule has 0 saturated carbocycles. The van der Waals surface area contributed by atoms with E-state index in [-0.39, 0.29) is 0 Å². The van der Waals surface area contributed by atoms with Gasteiger partial charge in [0.2, 0.25) is 0 Å². The monoisotopic (exact) mass is 703 g/mol. The molecule has 0 radical (unpaired) electrons. The number of para-hydroxylation sites is 3. The Morgan fingerprint density at radius 3 is 1.73 bits per heavy atom. The van der Waals surface area contributed by atoms with E-state index in [1.807, 2.05) is 24.3 Å². The minimum Gasteiger partial charge on any atom is -0.456 e. The van der Waals surface area contributed by atoms with Crippen LogP contribution in [0.25, 0.3) is 88.0 Å². The number of furan rings is 2. The third kappa shape index (κ3) is 5.13. The third-order valence-corrected chi connectivity index (χ3v) is 10.9. The van der Waals surface area contributed by atoms with Crippen molar-refractivity contribution < 1.29 is 8.83 Å². The fourth-order valence-electron chi connectivity index (χ4n) is 8.38. The number of hydrogen-bond donors (Lipinski definition) is 0. The first-order valence-electron chi connectivity index (χ1n) is 18.7. The average Bonchev–Trinajstić information content (AvgIpc) is 3.83. The van der Waals surface area contributed by atoms with Crippen molar-refractivity contribution in [2.45, 2.75) is 0 Å². The van der Waals surface area contributed by atoms with Crippen molar-refractivity contribution in [3.8, 4) is 33.4 Å². The van der Waals surface area contributed by atoms with E-state index in [1.165, 1.54) is 27.5 Å². The Balaban J connectivity index is 1.13. The molecule has 0 unspecified atom stereocenters. The van der Waals surface area contributed by atoms with Gasteiger partial charge in [-0.25, -0.2) is 0 Å². The highest BCUT2D eigenvalue weighted by atomic mass is 16.3. The van der Waals surface area contributed by atoms with Gasteiger partial charge in [-0.3, -0.25) is 0 Å². The van der Waals surface area contributed by atoms with Crippen LogP contribution in [0.3, 0.4) is 0 Å². The van der Waals surface area contributed by atoms with Crippen LogP contribution < -0.4 is 4.90 Å². The van der Waals surface area contributed by atoms with E-state index in [9.17, 15) is 0 Å². The zero-order valence-electron chi connectivity index (χ0n) is 29.8. The Bertz CT molecular complexity index is 3200. The molecular weight excluding hydrogens is 671 g/mol. The number of nitrogens with zero attached hydrogens (tertiary/aromatic N) is 1. The number of anilines is 3. The van der Waals surface area contributed by atoms with Gasteiger partial charge in [0.1, 0.15) is 22.3 Å². The van der Waals surface area contributed by atoms with Gasteiger partial charge in [0.25, 0.3) is 0 Å². The highest BCUT2D eigenvalue weighted by molar-refractivity contribution is 6.15. The van der Waals surface area contributed by atoms with Crippen molar-refractivity contribution in [1.29, 1.82) is 0 Å². The van der Waals surface area contributed by atoms with E-state index in [0.717, 1.165) is 77.6 Å². The topological polar surface area (TPSA) is 29.5 Å². The standard InChI is InChI=1S/C52H33NO2/c1-2-13-35(14-3-1)39-20-10-15-36-16-11-21-42(51(36)39)40-17-4-7-22-45(40)53(46-23-12-26-50-52(46)43-19-6-9-25-48(43)55-50)38-30-27-34(28-31-38)37-29-32-49-44(33-37)41-18-5-8-24-47(41)54-49/h1-33H. The highest BCUT2D eigenvalue weighted by Crippen LogP contribution is 2.48. The van der Waals surface area contributed by atoms with Crippen LogP contribution in [0.1, 0.15) is 0 Å². The fourth-order valence-corrected chi connectivity index (χ4v) is 8.38. The molecular formula is C52H33NO2. The maximum Gasteiger partial charge on any atom is 0.137 e. The van der Waals surface area contributed by atoms with Crippen LogP contribution in [0.5, 0.6) is 0 Å². The summed E-state index contributed by atoms with van der Waals surface area (Å²) >= 11 is 0. The SMILES string of the molecule is c1ccc(-c2cccc3cccc(-c4ccccc4N(c4ccc(-c5ccc6oc7ccccc7c6c5)cc4)c4cccc5oc6ccccc6c45)c23)cc1. The number of rotatable bonds is 6. The lowest BCUT2D eigenvalue weighted by molar-refractivity contribution is 0.668. The summed E-state index contributed by atoms with van der Waals surface area (Å²) in [4.78, 5) is 2.40. The second kappa shape index (κ2) is 12.6. The predicted molar refractivity (Wildman–Crippen MR) is 229 cm³/mol. The van der Waals surface area contributed by atoms with Crippen LogP contribution in [0.4, 0.5) is 17.1 Å². The van der Waals surface area contributed by atoms with E-state index in [1.54, 1.807) is 0 Å². The summed E-state index contributed by atoms with van der Waals surface area (Å²) in [5, 5.41) is 6.85. The summed E-state index contributed by atoms with van der Waals surface area (Å²) in [6.07, 6.45) is 0. The zero-order valence-corrected chi connectivity index (χ0v) is 29.8. The van der Waals surface area contributed by atoms with E-state index in [4.69, 9.17) is 8.83 Å². The smallest absolute Gasteiger partial charge is 0.137 e. The van der Waals surface area contributed by atoms with Gasteiger partial charge in [0.15, 0.2) is 0 Å². The lowest BCUT2D eigenvalue weighted by Crippen LogP contribution is -2.11. The van der Waals surface area contributed by atoms with Crippen molar-refractivity contribution >= 4 is 71.7 Å². The van der Waals surface area contributed by atoms with E-state index >= 15 is 0 Å². The first-order valence-corrected chi connectivity index (χ1v) is 18.7. The van der Waals surface area contributed by atoms with Crippen LogP contribution >= 0.6 is 0 Å². The summed E-state index contributed by atoms with van der Waals surface area (Å²) in [6, 6.07) is 71.1. The maximum absolute atomic E-state index is 6.45. The van der Waals surface area contributed by atoms with Crippen LogP contribution in [-0.2, 0) is 0 Å². The molecule has 2 heterocycles. The molecule has 9 aromatic carbocycles. The van der Waals surface area contributed by atoms with Crippen LogP contribution in [-0.4, -0.2) is 0 Å². The Morgan fingerprint density at radius 1 is 0.309 bits per heavy atom. The summed E-state index contributed by atoms with van der Waals surface area (Å²) in [5.41, 5.74) is 13.7. The number of benzene rings is 9. The molecule has 0 atom stereocenters. The molecule has 3 heteroatoms. The Morgan fingerprint density at radius 2 is 0.891 bits per heavy atom. The molecule has 0 aliphatic carbocycles. The van der Waals surface area contributed by atoms with Crippen molar-refractivity contribution in [3.05, 3.63) is 200 Å². The molecule has 3 nitrogen and oxygen atoms in total. The molecule has 0 bridgehead atoms. The molecule has 0 aliphatic rings. The molecule has 55 heavy (non-hydrogen) atoms. The number of hydrogen-bond acceptors (Lipinski definition) is 3. The molecule has 0 saturated heterocycles. The van der Waals surface area contributed by atoms with Crippen molar-refractivity contribution in [2.24, 2.45) is 0 Å². The molecule has 0 aliphatic heterocycles. The Kier molecular flexibility index (Phi) is 7.17. The van der Waals surface area contributed by atoms with Crippen molar-refractivity contribution in [2.75, 3.05) is 4.90 Å². The lowest BCUT2D eigenvalue weighted by atomic mass is 9.90. The van der Waals surface area contributed by atoms with Crippen LogP contribution in [0, 0.1) is 0 Å². The summed E-state index contributed by atoms with van der Waals surface area (Å²) in [5.74, 6) is 0. The third-order valence-electron chi connectivity index (χ3n) is 10.9. The van der Waals surface area contributed by atoms with E-state index in [2.05, 4.69) is 181 Å². The van der Waals surface area contributed by atoms with Gasteiger partial charge in [0.05, 0.1) is 16.8 Å². The minimum atomic E-state index is 0.856. The normalized spacial score (nSPS) is 11.6. The van der Waals surface area contributed by atoms with Gasteiger partial charge in [-0.1, -0.05) is 146 Å². The van der Waals surface area contributed by atoms with Gasteiger partial charge in [0, 0.05) is 27.4 Å². The molecule has 0 spiro atoms. The first-order chi connectivity index (χ1) is 27.3. The maximum atomic E-state index is 6.45. The van der Waals surface area contributed by atoms with Gasteiger partial charge >= 0.3 is 0 Å². The quantitative estimate of drug-likeness (QED) is 0.173. The largest absolute Gasteiger partial charge is 0.456 e. The molecule has 0 fully saturated rings. The first kappa shape index (κ1) is 31.2. The Hall–Kier alpha value is -7.36. The van der Waals surface area contributed by atoms with Crippen molar-refractivity contribution in [3.63, 3.8) is 0 Å². The zero-order chi connectivity index (χ0) is 36.3. The van der Waals surface area contributed by atoms with Gasteiger partial charge in [-0.15, -0.1) is 0 Å². The van der Waals surface area contributed by atoms with Crippen LogP contribution in [0.2, 0.25) is 0 Å². The number of fused-ring (bicyclic) bond motifs is 7. The average molecular weight is 704 g/mol. The predicted octanol–water partition coefficient (Wildman–Crippen LogP) is 15.1. The van der Waals surface area contributed by atoms with Gasteiger partial charge < -0.3 is 13.7 Å². The summed E-state index contributed by atoms with van der Waals surface area (Å²) in [6.45, 7) is 0. The fraction of sp³-hybridized carbons (Fsp3) is 0. The molecule has 0 amide bonds. The second-order valence-corrected chi connectivity index (χ2v) is 14.0. The van der Waals surface area contributed by atoms with Crippen LogP contribution in [0.15, 0.2) is 209 Å². The van der Waals surface area contributed by atoms with E-state index in [0.29, 0.717) is 0 Å². The molecule has 0 N–H and O–H groups in total. The summed E-state index contributed by atoms with van der Waals surface area (Å²) in [7, 11) is 0. The second-order valence-electron chi connectivity index (χ2n) is 14.0. The van der Waals surface area contributed by atoms with Gasteiger partial charge in [-0.2, -0.15) is 0 Å². The molecule has 258 valence electrons. The lowest BCUT2D eigenvalue weighted by Gasteiger charge is -2.29. The molecule has 11 rings (SSSR count). The molecule has 2 aromatic heterocycles.